The van der Waals surface area contributed by atoms with Gasteiger partial charge in [-0.2, -0.15) is 0 Å². The molecule has 2 aliphatic rings. The molecule has 8 nitrogen and oxygen atoms in total. The molecule has 0 aromatic heterocycles. The van der Waals surface area contributed by atoms with Crippen molar-refractivity contribution >= 4 is 58.3 Å². The number of rotatable bonds is 5. The van der Waals surface area contributed by atoms with E-state index in [4.69, 9.17) is 23.2 Å². The number of hydrogen-bond donors (Lipinski definition) is 2. The van der Waals surface area contributed by atoms with Crippen LogP contribution in [-0.2, 0) is 19.9 Å². The number of carbonyl (C=O) groups is 4. The molecule has 1 unspecified atom stereocenters. The van der Waals surface area contributed by atoms with Gasteiger partial charge in [-0.15, -0.1) is 0 Å². The number of imide groups is 1. The molecule has 2 heterocycles. The molecule has 2 saturated heterocycles. The van der Waals surface area contributed by atoms with E-state index in [1.807, 2.05) is 0 Å². The van der Waals surface area contributed by atoms with Crippen LogP contribution in [0.15, 0.2) is 42.5 Å². The molecule has 2 aromatic rings. The molecule has 2 aliphatic heterocycles. The van der Waals surface area contributed by atoms with Crippen LogP contribution in [-0.4, -0.2) is 41.7 Å². The first-order chi connectivity index (χ1) is 15.2. The van der Waals surface area contributed by atoms with Crippen LogP contribution in [0.4, 0.5) is 16.2 Å². The first kappa shape index (κ1) is 22.1. The highest BCUT2D eigenvalue weighted by atomic mass is 35.5. The average Bonchev–Trinajstić information content (AvgIpc) is 3.27. The predicted octanol–water partition coefficient (Wildman–Crippen LogP) is 3.53. The van der Waals surface area contributed by atoms with Crippen LogP contribution >= 0.6 is 23.2 Å². The van der Waals surface area contributed by atoms with Gasteiger partial charge in [-0.3, -0.25) is 19.3 Å². The van der Waals surface area contributed by atoms with Crippen molar-refractivity contribution in [1.82, 2.24) is 10.2 Å². The maximum atomic E-state index is 13.0. The maximum Gasteiger partial charge on any atom is 0.325 e. The molecule has 0 aliphatic carbocycles. The number of halogens is 2. The minimum absolute atomic E-state index is 0.0365. The Morgan fingerprint density at radius 2 is 1.91 bits per heavy atom. The van der Waals surface area contributed by atoms with E-state index in [9.17, 15) is 19.2 Å². The molecular formula is C22H20Cl2N4O4. The standard InChI is InChI=1S/C22H20Cl2N4O4/c1-22(13-7-8-16(23)17(24)10-13)20(31)28(21(32)26-22)12-18(29)25-14-4-2-5-15(11-14)27-9-3-6-19(27)30/h2,4-5,7-8,10-11H,3,6,9,12H2,1H3,(H,25,29)(H,26,32). The van der Waals surface area contributed by atoms with Gasteiger partial charge >= 0.3 is 6.03 Å². The van der Waals surface area contributed by atoms with E-state index in [0.29, 0.717) is 34.9 Å². The fourth-order valence-corrected chi connectivity index (χ4v) is 4.16. The van der Waals surface area contributed by atoms with E-state index in [0.717, 1.165) is 11.3 Å². The van der Waals surface area contributed by atoms with Crippen LogP contribution in [0.3, 0.4) is 0 Å². The van der Waals surface area contributed by atoms with Gasteiger partial charge in [0.2, 0.25) is 11.8 Å². The Morgan fingerprint density at radius 1 is 1.12 bits per heavy atom. The molecule has 10 heteroatoms. The minimum Gasteiger partial charge on any atom is -0.324 e. The van der Waals surface area contributed by atoms with Gasteiger partial charge < -0.3 is 15.5 Å². The molecule has 2 N–H and O–H groups in total. The van der Waals surface area contributed by atoms with Crippen molar-refractivity contribution in [2.75, 3.05) is 23.3 Å². The summed E-state index contributed by atoms with van der Waals surface area (Å²) < 4.78 is 0. The second kappa shape index (κ2) is 8.44. The Kier molecular flexibility index (Phi) is 5.83. The molecule has 0 spiro atoms. The van der Waals surface area contributed by atoms with Gasteiger partial charge in [0.15, 0.2) is 0 Å². The molecular weight excluding hydrogens is 455 g/mol. The number of nitrogens with zero attached hydrogens (tertiary/aromatic N) is 2. The van der Waals surface area contributed by atoms with Gasteiger partial charge in [0, 0.05) is 24.3 Å². The van der Waals surface area contributed by atoms with E-state index in [1.165, 1.54) is 12.1 Å². The molecule has 0 radical (unpaired) electrons. The van der Waals surface area contributed by atoms with E-state index in [-0.39, 0.29) is 10.9 Å². The summed E-state index contributed by atoms with van der Waals surface area (Å²) in [7, 11) is 0. The number of carbonyl (C=O) groups excluding carboxylic acids is 4. The lowest BCUT2D eigenvalue weighted by Gasteiger charge is -2.22. The van der Waals surface area contributed by atoms with Gasteiger partial charge in [0.25, 0.3) is 5.91 Å². The molecule has 4 rings (SSSR count). The summed E-state index contributed by atoms with van der Waals surface area (Å²) in [5, 5.41) is 5.88. The zero-order chi connectivity index (χ0) is 23.0. The number of urea groups is 1. The summed E-state index contributed by atoms with van der Waals surface area (Å²) in [6.07, 6.45) is 1.29. The Hall–Kier alpha value is -3.10. The van der Waals surface area contributed by atoms with Crippen molar-refractivity contribution < 1.29 is 19.2 Å². The molecule has 0 bridgehead atoms. The number of benzene rings is 2. The minimum atomic E-state index is -1.37. The molecule has 0 saturated carbocycles. The third kappa shape index (κ3) is 4.03. The number of hydrogen-bond acceptors (Lipinski definition) is 4. The average molecular weight is 475 g/mol. The smallest absolute Gasteiger partial charge is 0.324 e. The van der Waals surface area contributed by atoms with Crippen LogP contribution in [0, 0.1) is 0 Å². The van der Waals surface area contributed by atoms with Crippen LogP contribution < -0.4 is 15.5 Å². The third-order valence-electron chi connectivity index (χ3n) is 5.59. The Balaban J connectivity index is 1.47. The van der Waals surface area contributed by atoms with Crippen LogP contribution in [0.1, 0.15) is 25.3 Å². The number of anilines is 2. The van der Waals surface area contributed by atoms with E-state index < -0.39 is 29.9 Å². The third-order valence-corrected chi connectivity index (χ3v) is 6.33. The molecule has 5 amide bonds. The summed E-state index contributed by atoms with van der Waals surface area (Å²) in [6.45, 7) is 1.71. The first-order valence-electron chi connectivity index (χ1n) is 9.99. The fraction of sp³-hybridized carbons (Fsp3) is 0.273. The summed E-state index contributed by atoms with van der Waals surface area (Å²) >= 11 is 12.0. The summed E-state index contributed by atoms with van der Waals surface area (Å²) in [6, 6.07) is 10.8. The van der Waals surface area contributed by atoms with Crippen molar-refractivity contribution in [3.05, 3.63) is 58.1 Å². The van der Waals surface area contributed by atoms with Gasteiger partial charge in [-0.1, -0.05) is 35.3 Å². The molecule has 32 heavy (non-hydrogen) atoms. The molecule has 166 valence electrons. The van der Waals surface area contributed by atoms with Gasteiger partial charge in [-0.05, 0) is 49.2 Å². The van der Waals surface area contributed by atoms with Crippen molar-refractivity contribution in [1.29, 1.82) is 0 Å². The maximum absolute atomic E-state index is 13.0. The van der Waals surface area contributed by atoms with Crippen LogP contribution in [0.2, 0.25) is 10.0 Å². The van der Waals surface area contributed by atoms with E-state index in [1.54, 1.807) is 42.2 Å². The summed E-state index contributed by atoms with van der Waals surface area (Å²) in [5.74, 6) is -1.08. The van der Waals surface area contributed by atoms with Crippen molar-refractivity contribution in [3.63, 3.8) is 0 Å². The molecule has 1 atom stereocenters. The van der Waals surface area contributed by atoms with Gasteiger partial charge in [0.05, 0.1) is 10.0 Å². The van der Waals surface area contributed by atoms with Crippen molar-refractivity contribution in [2.24, 2.45) is 0 Å². The largest absolute Gasteiger partial charge is 0.325 e. The predicted molar refractivity (Wildman–Crippen MR) is 121 cm³/mol. The summed E-state index contributed by atoms with van der Waals surface area (Å²) in [4.78, 5) is 52.6. The Labute approximate surface area is 194 Å². The van der Waals surface area contributed by atoms with Gasteiger partial charge in [0.1, 0.15) is 12.1 Å². The number of nitrogens with one attached hydrogen (secondary N) is 2. The fourth-order valence-electron chi connectivity index (χ4n) is 3.86. The highest BCUT2D eigenvalue weighted by molar-refractivity contribution is 6.42. The van der Waals surface area contributed by atoms with Crippen LogP contribution in [0.25, 0.3) is 0 Å². The van der Waals surface area contributed by atoms with E-state index in [2.05, 4.69) is 10.6 Å². The lowest BCUT2D eigenvalue weighted by atomic mass is 9.92. The normalized spacial score (nSPS) is 20.7. The van der Waals surface area contributed by atoms with E-state index >= 15 is 0 Å². The monoisotopic (exact) mass is 474 g/mol. The lowest BCUT2D eigenvalue weighted by Crippen LogP contribution is -2.42. The Morgan fingerprint density at radius 3 is 2.59 bits per heavy atom. The lowest BCUT2D eigenvalue weighted by molar-refractivity contribution is -0.133. The molecule has 2 aromatic carbocycles. The number of amides is 5. The quantitative estimate of drug-likeness (QED) is 0.647. The SMILES string of the molecule is CC1(c2ccc(Cl)c(Cl)c2)NC(=O)N(CC(=O)Nc2cccc(N3CCCC3=O)c2)C1=O. The Bertz CT molecular complexity index is 1140. The second-order valence-corrected chi connectivity index (χ2v) is 8.64. The zero-order valence-electron chi connectivity index (χ0n) is 17.2. The highest BCUT2D eigenvalue weighted by Gasteiger charge is 2.49. The highest BCUT2D eigenvalue weighted by Crippen LogP contribution is 2.33. The van der Waals surface area contributed by atoms with Gasteiger partial charge in [-0.25, -0.2) is 4.79 Å². The second-order valence-electron chi connectivity index (χ2n) is 7.82. The summed E-state index contributed by atoms with van der Waals surface area (Å²) in [5.41, 5.74) is 0.233. The van der Waals surface area contributed by atoms with Crippen LogP contribution in [0.5, 0.6) is 0 Å². The van der Waals surface area contributed by atoms with Crippen molar-refractivity contribution in [3.8, 4) is 0 Å². The zero-order valence-corrected chi connectivity index (χ0v) is 18.7. The first-order valence-corrected chi connectivity index (χ1v) is 10.7. The molecule has 2 fully saturated rings. The topological polar surface area (TPSA) is 98.8 Å². The van der Waals surface area contributed by atoms with Crippen molar-refractivity contribution in [2.45, 2.75) is 25.3 Å².